The van der Waals surface area contributed by atoms with Crippen molar-refractivity contribution in [3.8, 4) is 0 Å². The molecule has 122 valence electrons. The summed E-state index contributed by atoms with van der Waals surface area (Å²) in [6.45, 7) is 0.629. The molecule has 0 aromatic rings. The van der Waals surface area contributed by atoms with Crippen LogP contribution in [0, 0.1) is 0 Å². The highest BCUT2D eigenvalue weighted by atomic mass is 16.5. The minimum atomic E-state index is 0.00679. The predicted molar refractivity (Wildman–Crippen MR) is 89.4 cm³/mol. The molecular weight excluding hydrogens is 260 g/mol. The smallest absolute Gasteiger partial charge is 0.305 e. The van der Waals surface area contributed by atoms with E-state index in [1.807, 2.05) is 0 Å². The summed E-state index contributed by atoms with van der Waals surface area (Å²) in [7, 11) is 0. The number of ether oxygens (including phenoxy) is 1. The summed E-state index contributed by atoms with van der Waals surface area (Å²) < 4.78 is 5.28. The Morgan fingerprint density at radius 2 is 1.10 bits per heavy atom. The zero-order valence-electron chi connectivity index (χ0n) is 13.8. The fourth-order valence-corrected chi connectivity index (χ4v) is 2.80. The lowest BCUT2D eigenvalue weighted by molar-refractivity contribution is -0.143. The summed E-state index contributed by atoms with van der Waals surface area (Å²) in [6.07, 6.45) is 22.7. The quantitative estimate of drug-likeness (QED) is 0.407. The molecule has 21 heavy (non-hydrogen) atoms. The molecule has 2 nitrogen and oxygen atoms in total. The van der Waals surface area contributed by atoms with Crippen LogP contribution in [0.2, 0.25) is 0 Å². The van der Waals surface area contributed by atoms with Gasteiger partial charge in [-0.1, -0.05) is 63.5 Å². The molecule has 0 fully saturated rings. The number of cyclic esters (lactones) is 1. The van der Waals surface area contributed by atoms with E-state index in [1.165, 1.54) is 77.0 Å². The van der Waals surface area contributed by atoms with Gasteiger partial charge >= 0.3 is 5.97 Å². The van der Waals surface area contributed by atoms with Gasteiger partial charge in [-0.3, -0.25) is 4.79 Å². The first-order valence-corrected chi connectivity index (χ1v) is 9.20. The van der Waals surface area contributed by atoms with Crippen molar-refractivity contribution < 1.29 is 9.53 Å². The maximum absolute atomic E-state index is 11.5. The normalized spacial score (nSPS) is 23.9. The van der Waals surface area contributed by atoms with Crippen LogP contribution in [0.4, 0.5) is 0 Å². The molecule has 0 radical (unpaired) electrons. The van der Waals surface area contributed by atoms with Crippen LogP contribution in [-0.2, 0) is 9.53 Å². The molecule has 0 saturated heterocycles. The number of carbonyl (C=O) groups excluding carboxylic acids is 1. The standard InChI is InChI=1S/C19H34O2/c20-19-17-15-13-11-9-7-5-3-1-2-4-6-8-10-12-14-16-18-21-19/h1,3H,2,4-18H2/b3-1+. The highest BCUT2D eigenvalue weighted by molar-refractivity contribution is 5.69. The Bertz CT molecular complexity index is 271. The molecule has 0 aliphatic carbocycles. The topological polar surface area (TPSA) is 26.3 Å². The molecule has 0 aromatic carbocycles. The van der Waals surface area contributed by atoms with E-state index < -0.39 is 0 Å². The van der Waals surface area contributed by atoms with Gasteiger partial charge in [0.1, 0.15) is 0 Å². The highest BCUT2D eigenvalue weighted by Gasteiger charge is 2.02. The van der Waals surface area contributed by atoms with Gasteiger partial charge in [0.25, 0.3) is 0 Å². The van der Waals surface area contributed by atoms with E-state index in [4.69, 9.17) is 4.74 Å². The molecular formula is C19H34O2. The molecule has 0 saturated carbocycles. The Morgan fingerprint density at radius 3 is 1.71 bits per heavy atom. The third-order valence-corrected chi connectivity index (χ3v) is 4.20. The monoisotopic (exact) mass is 294 g/mol. The lowest BCUT2D eigenvalue weighted by atomic mass is 10.1. The van der Waals surface area contributed by atoms with Crippen LogP contribution in [0.1, 0.15) is 96.3 Å². The largest absolute Gasteiger partial charge is 0.466 e. The molecule has 0 spiro atoms. The predicted octanol–water partition coefficient (Wildman–Crippen LogP) is 5.95. The molecule has 0 bridgehead atoms. The van der Waals surface area contributed by atoms with Crippen molar-refractivity contribution in [2.45, 2.75) is 96.3 Å². The van der Waals surface area contributed by atoms with Gasteiger partial charge in [0.15, 0.2) is 0 Å². The summed E-state index contributed by atoms with van der Waals surface area (Å²) in [5, 5.41) is 0. The molecule has 0 atom stereocenters. The summed E-state index contributed by atoms with van der Waals surface area (Å²) in [6, 6.07) is 0. The summed E-state index contributed by atoms with van der Waals surface area (Å²) in [4.78, 5) is 11.5. The number of carbonyl (C=O) groups is 1. The van der Waals surface area contributed by atoms with Crippen molar-refractivity contribution in [1.82, 2.24) is 0 Å². The van der Waals surface area contributed by atoms with E-state index >= 15 is 0 Å². The molecule has 2 heteroatoms. The molecule has 1 aliphatic rings. The number of hydrogen-bond donors (Lipinski definition) is 0. The zero-order valence-corrected chi connectivity index (χ0v) is 13.8. The summed E-state index contributed by atoms with van der Waals surface area (Å²) in [5.74, 6) is 0.00679. The first kappa shape index (κ1) is 18.3. The molecule has 0 unspecified atom stereocenters. The molecule has 1 rings (SSSR count). The first-order chi connectivity index (χ1) is 10.4. The second-order valence-corrected chi connectivity index (χ2v) is 6.26. The van der Waals surface area contributed by atoms with Gasteiger partial charge in [0.2, 0.25) is 0 Å². The Labute approximate surface area is 131 Å². The van der Waals surface area contributed by atoms with Gasteiger partial charge in [-0.15, -0.1) is 0 Å². The first-order valence-electron chi connectivity index (χ1n) is 9.20. The number of esters is 1. The van der Waals surface area contributed by atoms with E-state index in [9.17, 15) is 4.79 Å². The minimum absolute atomic E-state index is 0.00679. The highest BCUT2D eigenvalue weighted by Crippen LogP contribution is 2.11. The van der Waals surface area contributed by atoms with Crippen LogP contribution in [-0.4, -0.2) is 12.6 Å². The van der Waals surface area contributed by atoms with Crippen molar-refractivity contribution in [1.29, 1.82) is 0 Å². The van der Waals surface area contributed by atoms with Crippen molar-refractivity contribution in [3.05, 3.63) is 12.2 Å². The lowest BCUT2D eigenvalue weighted by Crippen LogP contribution is -2.05. The van der Waals surface area contributed by atoms with Crippen LogP contribution in [0.3, 0.4) is 0 Å². The van der Waals surface area contributed by atoms with Crippen molar-refractivity contribution in [2.75, 3.05) is 6.61 Å². The van der Waals surface area contributed by atoms with Crippen LogP contribution >= 0.6 is 0 Å². The number of hydrogen-bond acceptors (Lipinski definition) is 2. The fourth-order valence-electron chi connectivity index (χ4n) is 2.80. The summed E-state index contributed by atoms with van der Waals surface area (Å²) in [5.41, 5.74) is 0. The second-order valence-electron chi connectivity index (χ2n) is 6.26. The van der Waals surface area contributed by atoms with E-state index in [2.05, 4.69) is 12.2 Å². The Hall–Kier alpha value is -0.790. The third-order valence-electron chi connectivity index (χ3n) is 4.20. The van der Waals surface area contributed by atoms with Crippen LogP contribution < -0.4 is 0 Å². The zero-order chi connectivity index (χ0) is 15.0. The molecule has 0 aromatic heterocycles. The van der Waals surface area contributed by atoms with Crippen molar-refractivity contribution in [3.63, 3.8) is 0 Å². The van der Waals surface area contributed by atoms with Crippen LogP contribution in [0.25, 0.3) is 0 Å². The Morgan fingerprint density at radius 1 is 0.619 bits per heavy atom. The number of allylic oxidation sites excluding steroid dienone is 2. The van der Waals surface area contributed by atoms with Crippen molar-refractivity contribution in [2.24, 2.45) is 0 Å². The van der Waals surface area contributed by atoms with Crippen LogP contribution in [0.5, 0.6) is 0 Å². The van der Waals surface area contributed by atoms with Gasteiger partial charge in [0, 0.05) is 6.42 Å². The Kier molecular flexibility index (Phi) is 12.3. The molecule has 1 aliphatic heterocycles. The van der Waals surface area contributed by atoms with E-state index in [-0.39, 0.29) is 5.97 Å². The average molecular weight is 294 g/mol. The van der Waals surface area contributed by atoms with E-state index in [1.54, 1.807) is 0 Å². The van der Waals surface area contributed by atoms with Crippen molar-refractivity contribution >= 4 is 5.97 Å². The molecule has 1 heterocycles. The fraction of sp³-hybridized carbons (Fsp3) is 0.842. The molecule has 0 N–H and O–H groups in total. The third kappa shape index (κ3) is 12.6. The SMILES string of the molecule is O=C1CCCCCCC/C=C/CCCCCCCCCO1. The van der Waals surface area contributed by atoms with Gasteiger partial charge in [-0.2, -0.15) is 0 Å². The maximum atomic E-state index is 11.5. The van der Waals surface area contributed by atoms with Gasteiger partial charge in [-0.25, -0.2) is 0 Å². The number of rotatable bonds is 0. The average Bonchev–Trinajstić information content (AvgIpc) is 2.48. The van der Waals surface area contributed by atoms with Crippen LogP contribution in [0.15, 0.2) is 12.2 Å². The second kappa shape index (κ2) is 14.2. The lowest BCUT2D eigenvalue weighted by Gasteiger charge is -2.05. The van der Waals surface area contributed by atoms with Gasteiger partial charge in [-0.05, 0) is 38.5 Å². The molecule has 0 amide bonds. The van der Waals surface area contributed by atoms with Gasteiger partial charge < -0.3 is 4.74 Å². The summed E-state index contributed by atoms with van der Waals surface area (Å²) >= 11 is 0. The minimum Gasteiger partial charge on any atom is -0.466 e. The van der Waals surface area contributed by atoms with E-state index in [0.717, 1.165) is 12.8 Å². The van der Waals surface area contributed by atoms with Gasteiger partial charge in [0.05, 0.1) is 6.61 Å². The Balaban J connectivity index is 2.15. The van der Waals surface area contributed by atoms with E-state index in [0.29, 0.717) is 13.0 Å². The maximum Gasteiger partial charge on any atom is 0.305 e.